The minimum Gasteiger partial charge on any atom is -0.311 e. The molecule has 2 heteroatoms. The molecule has 1 N–H and O–H groups in total. The monoisotopic (exact) mass is 237 g/mol. The van der Waals surface area contributed by atoms with E-state index in [4.69, 9.17) is 0 Å². The molecular formula is C14H23NS. The van der Waals surface area contributed by atoms with Gasteiger partial charge in [0, 0.05) is 21.8 Å². The lowest BCUT2D eigenvalue weighted by Crippen LogP contribution is -2.38. The summed E-state index contributed by atoms with van der Waals surface area (Å²) in [5, 5.41) is 3.78. The molecule has 0 radical (unpaired) electrons. The highest BCUT2D eigenvalue weighted by Crippen LogP contribution is 2.20. The van der Waals surface area contributed by atoms with Crippen LogP contribution < -0.4 is 5.32 Å². The van der Waals surface area contributed by atoms with Crippen LogP contribution in [0.1, 0.15) is 48.8 Å². The highest BCUT2D eigenvalue weighted by Gasteiger charge is 2.15. The van der Waals surface area contributed by atoms with Gasteiger partial charge in [0.2, 0.25) is 0 Å². The molecule has 1 saturated carbocycles. The Morgan fingerprint density at radius 1 is 1.31 bits per heavy atom. The lowest BCUT2D eigenvalue weighted by Gasteiger charge is -2.26. The number of thiophene rings is 1. The van der Waals surface area contributed by atoms with Crippen LogP contribution in [0.2, 0.25) is 0 Å². The fourth-order valence-electron chi connectivity index (χ4n) is 2.63. The van der Waals surface area contributed by atoms with Crippen LogP contribution in [0, 0.1) is 6.92 Å². The standard InChI is InChI=1S/C14H23NS/c1-11(10-14-9-8-12(2)16-14)15-13-6-4-3-5-7-13/h8-9,11,13,15H,3-7,10H2,1-2H3. The Labute approximate surface area is 103 Å². The zero-order valence-electron chi connectivity index (χ0n) is 10.5. The minimum absolute atomic E-state index is 0.626. The summed E-state index contributed by atoms with van der Waals surface area (Å²) in [6.07, 6.45) is 8.23. The zero-order chi connectivity index (χ0) is 11.4. The van der Waals surface area contributed by atoms with E-state index in [0.717, 1.165) is 6.04 Å². The van der Waals surface area contributed by atoms with Crippen molar-refractivity contribution in [2.24, 2.45) is 0 Å². The Bertz CT molecular complexity index is 312. The van der Waals surface area contributed by atoms with Crippen molar-refractivity contribution in [3.8, 4) is 0 Å². The summed E-state index contributed by atoms with van der Waals surface area (Å²) in [5.41, 5.74) is 0. The normalized spacial score (nSPS) is 19.9. The van der Waals surface area contributed by atoms with Gasteiger partial charge in [-0.1, -0.05) is 19.3 Å². The van der Waals surface area contributed by atoms with Crippen LogP contribution in [0.25, 0.3) is 0 Å². The van der Waals surface area contributed by atoms with Gasteiger partial charge in [0.15, 0.2) is 0 Å². The van der Waals surface area contributed by atoms with Crippen molar-refractivity contribution in [2.45, 2.75) is 64.5 Å². The summed E-state index contributed by atoms with van der Waals surface area (Å²) in [5.74, 6) is 0. The molecule has 1 aromatic rings. The van der Waals surface area contributed by atoms with Crippen LogP contribution in [0.4, 0.5) is 0 Å². The maximum atomic E-state index is 3.78. The third-order valence-electron chi connectivity index (χ3n) is 3.43. The molecule has 1 aliphatic carbocycles. The molecule has 90 valence electrons. The Hall–Kier alpha value is -0.340. The number of rotatable bonds is 4. The number of nitrogens with one attached hydrogen (secondary N) is 1. The van der Waals surface area contributed by atoms with Crippen molar-refractivity contribution >= 4 is 11.3 Å². The maximum absolute atomic E-state index is 3.78. The maximum Gasteiger partial charge on any atom is 0.00896 e. The molecule has 1 fully saturated rings. The molecule has 2 rings (SSSR count). The fraction of sp³-hybridized carbons (Fsp3) is 0.714. The fourth-order valence-corrected chi connectivity index (χ4v) is 3.65. The topological polar surface area (TPSA) is 12.0 Å². The van der Waals surface area contributed by atoms with Gasteiger partial charge in [-0.3, -0.25) is 0 Å². The quantitative estimate of drug-likeness (QED) is 0.837. The Morgan fingerprint density at radius 3 is 2.69 bits per heavy atom. The average molecular weight is 237 g/mol. The van der Waals surface area contributed by atoms with Crippen LogP contribution in [0.5, 0.6) is 0 Å². The number of hydrogen-bond acceptors (Lipinski definition) is 2. The summed E-state index contributed by atoms with van der Waals surface area (Å²) in [7, 11) is 0. The summed E-state index contributed by atoms with van der Waals surface area (Å²) in [4.78, 5) is 2.95. The second-order valence-electron chi connectivity index (χ2n) is 5.12. The second-order valence-corrected chi connectivity index (χ2v) is 6.49. The molecule has 1 unspecified atom stereocenters. The zero-order valence-corrected chi connectivity index (χ0v) is 11.3. The van der Waals surface area contributed by atoms with Gasteiger partial charge in [-0.2, -0.15) is 0 Å². The van der Waals surface area contributed by atoms with Gasteiger partial charge < -0.3 is 5.32 Å². The smallest absolute Gasteiger partial charge is 0.00896 e. The van der Waals surface area contributed by atoms with E-state index >= 15 is 0 Å². The van der Waals surface area contributed by atoms with Crippen molar-refractivity contribution in [3.05, 3.63) is 21.9 Å². The van der Waals surface area contributed by atoms with Crippen molar-refractivity contribution < 1.29 is 0 Å². The number of aryl methyl sites for hydroxylation is 1. The molecule has 1 heterocycles. The highest BCUT2D eigenvalue weighted by atomic mass is 32.1. The Balaban J connectivity index is 1.77. The first-order valence-electron chi connectivity index (χ1n) is 6.55. The van der Waals surface area contributed by atoms with Crippen molar-refractivity contribution in [1.29, 1.82) is 0 Å². The first-order chi connectivity index (χ1) is 7.74. The average Bonchev–Trinajstić information content (AvgIpc) is 2.65. The van der Waals surface area contributed by atoms with Gasteiger partial charge in [-0.05, 0) is 45.2 Å². The highest BCUT2D eigenvalue weighted by molar-refractivity contribution is 7.11. The summed E-state index contributed by atoms with van der Waals surface area (Å²) in [6, 6.07) is 5.91. The third kappa shape index (κ3) is 3.60. The molecule has 0 amide bonds. The van der Waals surface area contributed by atoms with E-state index in [1.807, 2.05) is 11.3 Å². The molecule has 0 bridgehead atoms. The molecule has 1 nitrogen and oxygen atoms in total. The van der Waals surface area contributed by atoms with Gasteiger partial charge in [0.25, 0.3) is 0 Å². The van der Waals surface area contributed by atoms with E-state index < -0.39 is 0 Å². The van der Waals surface area contributed by atoms with E-state index in [2.05, 4.69) is 31.3 Å². The van der Waals surface area contributed by atoms with Crippen LogP contribution in [-0.4, -0.2) is 12.1 Å². The molecule has 1 aliphatic rings. The minimum atomic E-state index is 0.626. The van der Waals surface area contributed by atoms with E-state index in [-0.39, 0.29) is 0 Å². The first kappa shape index (κ1) is 12.1. The predicted molar refractivity (Wildman–Crippen MR) is 72.2 cm³/mol. The Kier molecular flexibility index (Phi) is 4.42. The SMILES string of the molecule is Cc1ccc(CC(C)NC2CCCCC2)s1. The van der Waals surface area contributed by atoms with Crippen LogP contribution in [0.15, 0.2) is 12.1 Å². The first-order valence-corrected chi connectivity index (χ1v) is 7.37. The lowest BCUT2D eigenvalue weighted by molar-refractivity contribution is 0.343. The second kappa shape index (κ2) is 5.83. The molecule has 1 atom stereocenters. The molecule has 0 spiro atoms. The number of hydrogen-bond donors (Lipinski definition) is 1. The molecule has 0 saturated heterocycles. The molecule has 16 heavy (non-hydrogen) atoms. The van der Waals surface area contributed by atoms with Crippen molar-refractivity contribution in [1.82, 2.24) is 5.32 Å². The van der Waals surface area contributed by atoms with Crippen molar-refractivity contribution in [2.75, 3.05) is 0 Å². The predicted octanol–water partition coefficient (Wildman–Crippen LogP) is 3.91. The van der Waals surface area contributed by atoms with Gasteiger partial charge in [0.1, 0.15) is 0 Å². The summed E-state index contributed by atoms with van der Waals surface area (Å²) >= 11 is 1.94. The van der Waals surface area contributed by atoms with Crippen LogP contribution in [0.3, 0.4) is 0 Å². The van der Waals surface area contributed by atoms with E-state index in [1.54, 1.807) is 0 Å². The van der Waals surface area contributed by atoms with Gasteiger partial charge >= 0.3 is 0 Å². The van der Waals surface area contributed by atoms with Crippen LogP contribution in [-0.2, 0) is 6.42 Å². The lowest BCUT2D eigenvalue weighted by atomic mass is 9.95. The van der Waals surface area contributed by atoms with Crippen LogP contribution >= 0.6 is 11.3 Å². The van der Waals surface area contributed by atoms with Crippen molar-refractivity contribution in [3.63, 3.8) is 0 Å². The molecule has 1 aromatic heterocycles. The van der Waals surface area contributed by atoms with E-state index in [9.17, 15) is 0 Å². The molecule has 0 aromatic carbocycles. The van der Waals surface area contributed by atoms with E-state index in [1.165, 1.54) is 48.3 Å². The molecule has 0 aliphatic heterocycles. The van der Waals surface area contributed by atoms with Gasteiger partial charge in [-0.15, -0.1) is 11.3 Å². The third-order valence-corrected chi connectivity index (χ3v) is 4.45. The van der Waals surface area contributed by atoms with E-state index in [0.29, 0.717) is 6.04 Å². The van der Waals surface area contributed by atoms with Gasteiger partial charge in [-0.25, -0.2) is 0 Å². The Morgan fingerprint density at radius 2 is 2.06 bits per heavy atom. The molecular weight excluding hydrogens is 214 g/mol. The summed E-state index contributed by atoms with van der Waals surface area (Å²) < 4.78 is 0. The van der Waals surface area contributed by atoms with Gasteiger partial charge in [0.05, 0.1) is 0 Å². The summed E-state index contributed by atoms with van der Waals surface area (Å²) in [6.45, 7) is 4.51. The largest absolute Gasteiger partial charge is 0.311 e.